The molecule has 0 bridgehead atoms. The van der Waals surface area contributed by atoms with E-state index in [2.05, 4.69) is 24.5 Å². The average Bonchev–Trinajstić information content (AvgIpc) is 2.85. The zero-order valence-corrected chi connectivity index (χ0v) is 22.2. The van der Waals surface area contributed by atoms with Crippen LogP contribution in [0.3, 0.4) is 0 Å². The highest BCUT2D eigenvalue weighted by atomic mass is 32.2. The lowest BCUT2D eigenvalue weighted by Crippen LogP contribution is -2.34. The van der Waals surface area contributed by atoms with Gasteiger partial charge in [-0.15, -0.1) is 0 Å². The fraction of sp³-hybridized carbons (Fsp3) is 0.259. The van der Waals surface area contributed by atoms with Crippen LogP contribution in [0.4, 0.5) is 11.4 Å². The molecule has 0 heterocycles. The van der Waals surface area contributed by atoms with Gasteiger partial charge in [0.2, 0.25) is 0 Å². The zero-order chi connectivity index (χ0) is 26.1. The van der Waals surface area contributed by atoms with Crippen molar-refractivity contribution in [1.82, 2.24) is 5.32 Å². The van der Waals surface area contributed by atoms with Crippen LogP contribution in [-0.2, 0) is 10.0 Å². The van der Waals surface area contributed by atoms with Crippen LogP contribution in [-0.4, -0.2) is 32.6 Å². The van der Waals surface area contributed by atoms with Crippen molar-refractivity contribution in [1.29, 1.82) is 0 Å². The third-order valence-electron chi connectivity index (χ3n) is 5.32. The molecule has 0 saturated heterocycles. The van der Waals surface area contributed by atoms with Crippen molar-refractivity contribution in [2.75, 3.05) is 22.8 Å². The van der Waals surface area contributed by atoms with Crippen molar-refractivity contribution in [2.24, 2.45) is 5.92 Å². The Hall–Kier alpha value is -3.43. The second kappa shape index (κ2) is 12.5. The molecular formula is C27H31N3O4S2. The van der Waals surface area contributed by atoms with Crippen molar-refractivity contribution in [3.8, 4) is 5.75 Å². The molecule has 0 spiro atoms. The quantitative estimate of drug-likeness (QED) is 0.342. The summed E-state index contributed by atoms with van der Waals surface area (Å²) in [6.45, 7) is 6.91. The van der Waals surface area contributed by atoms with Gasteiger partial charge in [-0.05, 0) is 86.1 Å². The van der Waals surface area contributed by atoms with E-state index < -0.39 is 10.0 Å². The molecule has 36 heavy (non-hydrogen) atoms. The zero-order valence-electron chi connectivity index (χ0n) is 20.6. The first-order chi connectivity index (χ1) is 17.2. The molecule has 3 rings (SSSR count). The standard InChI is InChI=1S/C27H31N3O4S2/c1-4-30(23-10-6-5-7-11-23)36(32,33)25-15-13-22(14-16-25)28-27(35)29-26(31)21-9-8-12-24(19-21)34-18-17-20(2)3/h5-16,19-20H,4,17-18H2,1-3H3,(H2,28,29,31,35). The van der Waals surface area contributed by atoms with E-state index in [-0.39, 0.29) is 15.9 Å². The first-order valence-corrected chi connectivity index (χ1v) is 13.6. The molecule has 0 aliphatic carbocycles. The van der Waals surface area contributed by atoms with Crippen molar-refractivity contribution < 1.29 is 17.9 Å². The number of hydrogen-bond donors (Lipinski definition) is 2. The molecule has 9 heteroatoms. The van der Waals surface area contributed by atoms with Crippen LogP contribution in [0.2, 0.25) is 0 Å². The second-order valence-electron chi connectivity index (χ2n) is 8.50. The molecule has 0 aliphatic rings. The molecule has 1 amide bonds. The number of benzene rings is 3. The summed E-state index contributed by atoms with van der Waals surface area (Å²) in [4.78, 5) is 12.8. The smallest absolute Gasteiger partial charge is 0.264 e. The highest BCUT2D eigenvalue weighted by molar-refractivity contribution is 7.92. The van der Waals surface area contributed by atoms with Crippen LogP contribution in [0, 0.1) is 5.92 Å². The third-order valence-corrected chi connectivity index (χ3v) is 7.44. The highest BCUT2D eigenvalue weighted by Crippen LogP contribution is 2.24. The summed E-state index contributed by atoms with van der Waals surface area (Å²) >= 11 is 5.27. The van der Waals surface area contributed by atoms with Gasteiger partial charge in [0.15, 0.2) is 5.11 Å². The Morgan fingerprint density at radius 2 is 1.69 bits per heavy atom. The number of carbonyl (C=O) groups is 1. The number of para-hydroxylation sites is 1. The van der Waals surface area contributed by atoms with Crippen LogP contribution in [0.15, 0.2) is 83.8 Å². The van der Waals surface area contributed by atoms with Crippen molar-refractivity contribution in [3.63, 3.8) is 0 Å². The van der Waals surface area contributed by atoms with Crippen LogP contribution in [0.25, 0.3) is 0 Å². The third kappa shape index (κ3) is 7.29. The number of anilines is 2. The Bertz CT molecular complexity index is 1280. The van der Waals surface area contributed by atoms with Crippen LogP contribution < -0.4 is 19.7 Å². The number of hydrogen-bond acceptors (Lipinski definition) is 5. The number of nitrogens with one attached hydrogen (secondary N) is 2. The summed E-state index contributed by atoms with van der Waals surface area (Å²) in [5.41, 5.74) is 1.57. The Morgan fingerprint density at radius 3 is 2.33 bits per heavy atom. The number of thiocarbonyl (C=S) groups is 1. The minimum Gasteiger partial charge on any atom is -0.494 e. The van der Waals surface area contributed by atoms with Gasteiger partial charge in [0, 0.05) is 17.8 Å². The van der Waals surface area contributed by atoms with Gasteiger partial charge in [0.25, 0.3) is 15.9 Å². The van der Waals surface area contributed by atoms with E-state index >= 15 is 0 Å². The van der Waals surface area contributed by atoms with Gasteiger partial charge in [-0.3, -0.25) is 14.4 Å². The molecule has 0 unspecified atom stereocenters. The summed E-state index contributed by atoms with van der Waals surface area (Å²) in [5.74, 6) is 0.779. The normalized spacial score (nSPS) is 11.1. The van der Waals surface area contributed by atoms with Crippen molar-refractivity contribution in [3.05, 3.63) is 84.4 Å². The molecule has 0 radical (unpaired) electrons. The van der Waals surface area contributed by atoms with Crippen LogP contribution >= 0.6 is 12.2 Å². The van der Waals surface area contributed by atoms with E-state index in [0.29, 0.717) is 41.8 Å². The number of carbonyl (C=O) groups excluding carboxylic acids is 1. The Labute approximate surface area is 218 Å². The maximum atomic E-state index is 13.1. The largest absolute Gasteiger partial charge is 0.494 e. The van der Waals surface area contributed by atoms with Gasteiger partial charge in [-0.1, -0.05) is 38.1 Å². The second-order valence-corrected chi connectivity index (χ2v) is 10.8. The number of ether oxygens (including phenoxy) is 1. The fourth-order valence-corrected chi connectivity index (χ4v) is 5.08. The lowest BCUT2D eigenvalue weighted by Gasteiger charge is -2.23. The van der Waals surface area contributed by atoms with E-state index in [1.807, 2.05) is 6.07 Å². The van der Waals surface area contributed by atoms with E-state index in [1.54, 1.807) is 67.6 Å². The molecule has 3 aromatic carbocycles. The lowest BCUT2D eigenvalue weighted by molar-refractivity contribution is 0.0977. The predicted molar refractivity (Wildman–Crippen MR) is 148 cm³/mol. The molecule has 190 valence electrons. The van der Waals surface area contributed by atoms with Gasteiger partial charge in [0.05, 0.1) is 17.2 Å². The number of sulfonamides is 1. The fourth-order valence-electron chi connectivity index (χ4n) is 3.40. The number of rotatable bonds is 10. The van der Waals surface area contributed by atoms with Gasteiger partial charge in [-0.2, -0.15) is 0 Å². The average molecular weight is 526 g/mol. The van der Waals surface area contributed by atoms with Crippen LogP contribution in [0.1, 0.15) is 37.6 Å². The SMILES string of the molecule is CCN(c1ccccc1)S(=O)(=O)c1ccc(NC(=S)NC(=O)c2cccc(OCCC(C)C)c2)cc1. The molecular weight excluding hydrogens is 494 g/mol. The van der Waals surface area contributed by atoms with Gasteiger partial charge >= 0.3 is 0 Å². The van der Waals surface area contributed by atoms with Crippen LogP contribution in [0.5, 0.6) is 5.75 Å². The summed E-state index contributed by atoms with van der Waals surface area (Å²) < 4.78 is 33.3. The van der Waals surface area contributed by atoms with Crippen molar-refractivity contribution in [2.45, 2.75) is 32.1 Å². The number of amides is 1. The summed E-state index contributed by atoms with van der Waals surface area (Å²) in [6.07, 6.45) is 0.924. The van der Waals surface area contributed by atoms with E-state index in [4.69, 9.17) is 17.0 Å². The summed E-state index contributed by atoms with van der Waals surface area (Å²) in [6, 6.07) is 22.1. The molecule has 0 aliphatic heterocycles. The molecule has 7 nitrogen and oxygen atoms in total. The Morgan fingerprint density at radius 1 is 1.00 bits per heavy atom. The summed E-state index contributed by atoms with van der Waals surface area (Å²) in [5, 5.41) is 5.65. The van der Waals surface area contributed by atoms with E-state index in [1.165, 1.54) is 16.4 Å². The van der Waals surface area contributed by atoms with Crippen molar-refractivity contribution >= 4 is 44.6 Å². The maximum absolute atomic E-state index is 13.1. The van der Waals surface area contributed by atoms with E-state index in [9.17, 15) is 13.2 Å². The Balaban J connectivity index is 1.61. The molecule has 2 N–H and O–H groups in total. The maximum Gasteiger partial charge on any atom is 0.264 e. The topological polar surface area (TPSA) is 87.7 Å². The molecule has 0 atom stereocenters. The van der Waals surface area contributed by atoms with Gasteiger partial charge in [-0.25, -0.2) is 8.42 Å². The molecule has 0 fully saturated rings. The van der Waals surface area contributed by atoms with Gasteiger partial charge < -0.3 is 10.1 Å². The van der Waals surface area contributed by atoms with E-state index in [0.717, 1.165) is 6.42 Å². The van der Waals surface area contributed by atoms with Gasteiger partial charge in [0.1, 0.15) is 5.75 Å². The minimum absolute atomic E-state index is 0.0983. The highest BCUT2D eigenvalue weighted by Gasteiger charge is 2.23. The minimum atomic E-state index is -3.73. The molecule has 0 saturated carbocycles. The number of nitrogens with zero attached hydrogens (tertiary/aromatic N) is 1. The monoisotopic (exact) mass is 525 g/mol. The molecule has 3 aromatic rings. The summed E-state index contributed by atoms with van der Waals surface area (Å²) in [7, 11) is -3.73. The molecule has 0 aromatic heterocycles. The first kappa shape index (κ1) is 27.2. The predicted octanol–water partition coefficient (Wildman–Crippen LogP) is 5.45. The lowest BCUT2D eigenvalue weighted by atomic mass is 10.1. The first-order valence-electron chi connectivity index (χ1n) is 11.7. The Kier molecular flexibility index (Phi) is 9.44.